The van der Waals surface area contributed by atoms with Crippen molar-refractivity contribution in [1.29, 1.82) is 0 Å². The van der Waals surface area contributed by atoms with E-state index in [-0.39, 0.29) is 17.2 Å². The van der Waals surface area contributed by atoms with E-state index in [9.17, 15) is 18.0 Å². The molecule has 1 amide bonds. The van der Waals surface area contributed by atoms with Crippen LogP contribution >= 0.6 is 0 Å². The highest BCUT2D eigenvalue weighted by Gasteiger charge is 2.32. The Balaban J connectivity index is 2.12. The first-order valence-electron chi connectivity index (χ1n) is 4.80. The van der Waals surface area contributed by atoms with Crippen LogP contribution in [0.25, 0.3) is 0 Å². The van der Waals surface area contributed by atoms with Crippen LogP contribution in [0.3, 0.4) is 0 Å². The van der Waals surface area contributed by atoms with E-state index in [2.05, 4.69) is 25.2 Å². The van der Waals surface area contributed by atoms with E-state index in [0.29, 0.717) is 0 Å². The lowest BCUT2D eigenvalue weighted by Gasteiger charge is -2.06. The molecular weight excluding hydrogens is 267 g/mol. The van der Waals surface area contributed by atoms with Crippen LogP contribution in [-0.4, -0.2) is 21.2 Å². The van der Waals surface area contributed by atoms with Crippen molar-refractivity contribution >= 4 is 17.4 Å². The van der Waals surface area contributed by atoms with Crippen molar-refractivity contribution in [3.63, 3.8) is 0 Å². The molecule has 0 unspecified atom stereocenters. The number of aromatic nitrogens is 3. The molecule has 100 valence electrons. The number of nitrogens with two attached hydrogens (primary N) is 1. The molecule has 2 heterocycles. The number of carbonyl (C=O) groups excluding carboxylic acids is 1. The molecule has 0 saturated carbocycles. The highest BCUT2D eigenvalue weighted by Crippen LogP contribution is 2.27. The maximum Gasteiger partial charge on any atom is 0.433 e. The second-order valence-corrected chi connectivity index (χ2v) is 3.38. The van der Waals surface area contributed by atoms with E-state index >= 15 is 0 Å². The van der Waals surface area contributed by atoms with Crippen molar-refractivity contribution in [2.75, 3.05) is 11.1 Å². The molecular formula is C9H6F3N5O2. The molecule has 0 aliphatic carbocycles. The number of rotatable bonds is 2. The SMILES string of the molecule is Nc1nonc1C(=O)Nc1ccc(C(F)(F)F)nc1. The quantitative estimate of drug-likeness (QED) is 0.854. The molecule has 0 aromatic carbocycles. The average Bonchev–Trinajstić information content (AvgIpc) is 2.75. The fourth-order valence-corrected chi connectivity index (χ4v) is 1.18. The van der Waals surface area contributed by atoms with Crippen molar-refractivity contribution < 1.29 is 22.6 Å². The molecule has 10 heteroatoms. The van der Waals surface area contributed by atoms with Crippen LogP contribution in [-0.2, 0) is 6.18 Å². The molecule has 0 spiro atoms. The minimum absolute atomic E-state index is 0.0559. The lowest BCUT2D eigenvalue weighted by molar-refractivity contribution is -0.141. The van der Waals surface area contributed by atoms with Crippen LogP contribution in [0.1, 0.15) is 16.2 Å². The van der Waals surface area contributed by atoms with Gasteiger partial charge in [-0.1, -0.05) is 0 Å². The zero-order chi connectivity index (χ0) is 14.0. The standard InChI is InChI=1S/C9H6F3N5O2/c10-9(11,12)5-2-1-4(3-14-5)15-8(18)6-7(13)17-19-16-6/h1-3H,(H2,13,17)(H,15,18). The van der Waals surface area contributed by atoms with Gasteiger partial charge in [0.05, 0.1) is 11.9 Å². The zero-order valence-electron chi connectivity index (χ0n) is 9.10. The lowest BCUT2D eigenvalue weighted by atomic mass is 10.3. The summed E-state index contributed by atoms with van der Waals surface area (Å²) < 4.78 is 41.0. The smallest absolute Gasteiger partial charge is 0.379 e. The van der Waals surface area contributed by atoms with Crippen molar-refractivity contribution in [1.82, 2.24) is 15.3 Å². The van der Waals surface area contributed by atoms with Gasteiger partial charge in [-0.15, -0.1) is 0 Å². The van der Waals surface area contributed by atoms with E-state index < -0.39 is 17.8 Å². The van der Waals surface area contributed by atoms with Crippen LogP contribution < -0.4 is 11.1 Å². The Bertz CT molecular complexity index is 593. The number of pyridine rings is 1. The largest absolute Gasteiger partial charge is 0.433 e. The minimum atomic E-state index is -4.54. The summed E-state index contributed by atoms with van der Waals surface area (Å²) in [5.41, 5.74) is 4.01. The molecule has 0 bridgehead atoms. The molecule has 0 aliphatic rings. The monoisotopic (exact) mass is 273 g/mol. The van der Waals surface area contributed by atoms with Gasteiger partial charge < -0.3 is 11.1 Å². The van der Waals surface area contributed by atoms with E-state index in [4.69, 9.17) is 5.73 Å². The fourth-order valence-electron chi connectivity index (χ4n) is 1.18. The molecule has 0 saturated heterocycles. The van der Waals surface area contributed by atoms with Crippen LogP contribution in [0.4, 0.5) is 24.7 Å². The van der Waals surface area contributed by atoms with Crippen molar-refractivity contribution in [3.8, 4) is 0 Å². The first-order chi connectivity index (χ1) is 8.88. The Labute approximate surface area is 103 Å². The molecule has 3 N–H and O–H groups in total. The van der Waals surface area contributed by atoms with Gasteiger partial charge in [-0.05, 0) is 22.4 Å². The van der Waals surface area contributed by atoms with E-state index in [1.807, 2.05) is 0 Å². The van der Waals surface area contributed by atoms with Gasteiger partial charge in [0.1, 0.15) is 5.69 Å². The normalized spacial score (nSPS) is 11.3. The summed E-state index contributed by atoms with van der Waals surface area (Å²) in [5.74, 6) is -0.988. The number of hydrogen-bond acceptors (Lipinski definition) is 6. The fraction of sp³-hybridized carbons (Fsp3) is 0.111. The molecule has 2 aromatic heterocycles. The average molecular weight is 273 g/mol. The van der Waals surface area contributed by atoms with Gasteiger partial charge in [0.2, 0.25) is 11.5 Å². The summed E-state index contributed by atoms with van der Waals surface area (Å²) in [7, 11) is 0. The van der Waals surface area contributed by atoms with Gasteiger partial charge in [-0.25, -0.2) is 9.61 Å². The molecule has 19 heavy (non-hydrogen) atoms. The summed E-state index contributed by atoms with van der Waals surface area (Å²) in [5, 5.41) is 8.69. The summed E-state index contributed by atoms with van der Waals surface area (Å²) >= 11 is 0. The second kappa shape index (κ2) is 4.55. The Morgan fingerprint density at radius 3 is 2.53 bits per heavy atom. The summed E-state index contributed by atoms with van der Waals surface area (Å²) in [6.07, 6.45) is -3.67. The first-order valence-corrected chi connectivity index (χ1v) is 4.80. The molecule has 0 fully saturated rings. The first kappa shape index (κ1) is 12.8. The van der Waals surface area contributed by atoms with Gasteiger partial charge in [-0.2, -0.15) is 13.2 Å². The van der Waals surface area contributed by atoms with Crippen LogP contribution in [0.2, 0.25) is 0 Å². The zero-order valence-corrected chi connectivity index (χ0v) is 9.10. The Hall–Kier alpha value is -2.65. The van der Waals surface area contributed by atoms with Gasteiger partial charge in [-0.3, -0.25) is 4.79 Å². The molecule has 0 aliphatic heterocycles. The maximum atomic E-state index is 12.3. The van der Waals surface area contributed by atoms with Crippen molar-refractivity contribution in [2.24, 2.45) is 0 Å². The van der Waals surface area contributed by atoms with Gasteiger partial charge in [0, 0.05) is 0 Å². The molecule has 2 aromatic rings. The summed E-state index contributed by atoms with van der Waals surface area (Å²) in [6, 6.07) is 1.79. The molecule has 2 rings (SSSR count). The second-order valence-electron chi connectivity index (χ2n) is 3.38. The topological polar surface area (TPSA) is 107 Å². The third kappa shape index (κ3) is 2.78. The van der Waals surface area contributed by atoms with Crippen molar-refractivity contribution in [2.45, 2.75) is 6.18 Å². The van der Waals surface area contributed by atoms with Gasteiger partial charge in [0.25, 0.3) is 5.91 Å². The highest BCUT2D eigenvalue weighted by molar-refractivity contribution is 6.05. The third-order valence-corrected chi connectivity index (χ3v) is 2.04. The number of nitrogen functional groups attached to an aromatic ring is 1. The number of nitrogens with zero attached hydrogens (tertiary/aromatic N) is 3. The number of halogens is 3. The number of hydrogen-bond donors (Lipinski definition) is 2. The maximum absolute atomic E-state index is 12.3. The Morgan fingerprint density at radius 2 is 2.05 bits per heavy atom. The molecule has 0 radical (unpaired) electrons. The predicted octanol–water partition coefficient (Wildman–Crippen LogP) is 1.32. The van der Waals surface area contributed by atoms with Crippen LogP contribution in [0.5, 0.6) is 0 Å². The number of amides is 1. The third-order valence-electron chi connectivity index (χ3n) is 2.04. The summed E-state index contributed by atoms with van der Waals surface area (Å²) in [4.78, 5) is 14.8. The van der Waals surface area contributed by atoms with E-state index in [1.165, 1.54) is 0 Å². The van der Waals surface area contributed by atoms with Crippen molar-refractivity contribution in [3.05, 3.63) is 29.7 Å². The number of alkyl halides is 3. The number of carbonyl (C=O) groups is 1. The predicted molar refractivity (Wildman–Crippen MR) is 55.9 cm³/mol. The molecule has 7 nitrogen and oxygen atoms in total. The lowest BCUT2D eigenvalue weighted by Crippen LogP contribution is -2.15. The van der Waals surface area contributed by atoms with Crippen LogP contribution in [0.15, 0.2) is 23.0 Å². The number of nitrogens with one attached hydrogen (secondary N) is 1. The summed E-state index contributed by atoms with van der Waals surface area (Å²) in [6.45, 7) is 0. The van der Waals surface area contributed by atoms with E-state index in [0.717, 1.165) is 18.3 Å². The highest BCUT2D eigenvalue weighted by atomic mass is 19.4. The Kier molecular flexibility index (Phi) is 3.07. The van der Waals surface area contributed by atoms with Gasteiger partial charge in [0.15, 0.2) is 0 Å². The minimum Gasteiger partial charge on any atom is -0.379 e. The molecule has 0 atom stereocenters. The van der Waals surface area contributed by atoms with Crippen LogP contribution in [0, 0.1) is 0 Å². The Morgan fingerprint density at radius 1 is 1.32 bits per heavy atom. The van der Waals surface area contributed by atoms with Gasteiger partial charge >= 0.3 is 6.18 Å². The van der Waals surface area contributed by atoms with E-state index in [1.54, 1.807) is 0 Å². The number of anilines is 2.